The lowest BCUT2D eigenvalue weighted by molar-refractivity contribution is 0.0785. The number of amides is 4. The Bertz CT molecular complexity index is 1620. The topological polar surface area (TPSA) is 85.0 Å². The molecule has 4 aromatic rings. The van der Waals surface area contributed by atoms with Crippen molar-refractivity contribution in [2.45, 2.75) is 13.5 Å². The SMILES string of the molecule is Cc1cccc(NC(=O)N2CCN(c3ccc(NC(=O)c4ccccc4Cl)cc3C(=O)N(C)Cc3ccccc3)CC2)c1. The first-order chi connectivity index (χ1) is 20.8. The molecule has 1 fully saturated rings. The summed E-state index contributed by atoms with van der Waals surface area (Å²) in [4.78, 5) is 45.3. The average molecular weight is 596 g/mol. The van der Waals surface area contributed by atoms with E-state index in [4.69, 9.17) is 11.6 Å². The Morgan fingerprint density at radius 2 is 1.47 bits per heavy atom. The molecule has 43 heavy (non-hydrogen) atoms. The molecule has 2 N–H and O–H groups in total. The monoisotopic (exact) mass is 595 g/mol. The summed E-state index contributed by atoms with van der Waals surface area (Å²) in [5, 5.41) is 6.21. The summed E-state index contributed by atoms with van der Waals surface area (Å²) in [6.07, 6.45) is 0. The highest BCUT2D eigenvalue weighted by atomic mass is 35.5. The minimum absolute atomic E-state index is 0.151. The first-order valence-corrected chi connectivity index (χ1v) is 14.5. The van der Waals surface area contributed by atoms with E-state index in [0.29, 0.717) is 54.6 Å². The third-order valence-corrected chi connectivity index (χ3v) is 7.72. The number of urea groups is 1. The molecule has 1 aliphatic heterocycles. The van der Waals surface area contributed by atoms with Crippen LogP contribution in [0.15, 0.2) is 97.1 Å². The molecule has 220 valence electrons. The summed E-state index contributed by atoms with van der Waals surface area (Å²) in [5.74, 6) is -0.532. The maximum atomic E-state index is 13.9. The maximum Gasteiger partial charge on any atom is 0.321 e. The Balaban J connectivity index is 1.35. The van der Waals surface area contributed by atoms with Crippen molar-refractivity contribution in [1.82, 2.24) is 9.80 Å². The van der Waals surface area contributed by atoms with Gasteiger partial charge in [0.15, 0.2) is 0 Å². The van der Waals surface area contributed by atoms with Crippen molar-refractivity contribution >= 4 is 46.5 Å². The first-order valence-electron chi connectivity index (χ1n) is 14.2. The lowest BCUT2D eigenvalue weighted by atomic mass is 10.1. The summed E-state index contributed by atoms with van der Waals surface area (Å²) in [6.45, 7) is 4.51. The molecule has 4 aromatic carbocycles. The number of halogens is 1. The number of rotatable bonds is 7. The maximum absolute atomic E-state index is 13.9. The van der Waals surface area contributed by atoms with Gasteiger partial charge in [-0.05, 0) is 60.5 Å². The standard InChI is InChI=1S/C34H34ClN5O3/c1-24-9-8-12-26(21-24)37-34(43)40-19-17-39(18-20-40)31-16-15-27(36-32(41)28-13-6-7-14-30(28)35)22-29(31)33(42)38(2)23-25-10-4-3-5-11-25/h3-16,21-22H,17-20,23H2,1-2H3,(H,36,41)(H,37,43). The number of hydrogen-bond acceptors (Lipinski definition) is 4. The number of nitrogens with zero attached hydrogens (tertiary/aromatic N) is 3. The second-order valence-corrected chi connectivity index (χ2v) is 11.0. The normalized spacial score (nSPS) is 12.9. The van der Waals surface area contributed by atoms with Gasteiger partial charge in [0.05, 0.1) is 16.1 Å². The summed E-state index contributed by atoms with van der Waals surface area (Å²) >= 11 is 6.24. The molecule has 1 aliphatic rings. The molecule has 1 heterocycles. The van der Waals surface area contributed by atoms with Crippen molar-refractivity contribution in [3.05, 3.63) is 124 Å². The molecule has 0 bridgehead atoms. The number of carbonyl (C=O) groups is 3. The molecule has 8 nitrogen and oxygen atoms in total. The Morgan fingerprint density at radius 1 is 0.767 bits per heavy atom. The van der Waals surface area contributed by atoms with Crippen LogP contribution >= 0.6 is 11.6 Å². The van der Waals surface area contributed by atoms with E-state index in [1.165, 1.54) is 0 Å². The highest BCUT2D eigenvalue weighted by molar-refractivity contribution is 6.34. The van der Waals surface area contributed by atoms with E-state index in [-0.39, 0.29) is 17.8 Å². The number of carbonyl (C=O) groups excluding carboxylic acids is 3. The van der Waals surface area contributed by atoms with E-state index in [9.17, 15) is 14.4 Å². The van der Waals surface area contributed by atoms with Crippen LogP contribution in [0.3, 0.4) is 0 Å². The number of piperazine rings is 1. The molecule has 0 aromatic heterocycles. The Hall–Kier alpha value is -4.82. The molecule has 0 unspecified atom stereocenters. The Kier molecular flexibility index (Phi) is 9.27. The highest BCUT2D eigenvalue weighted by Gasteiger charge is 2.26. The van der Waals surface area contributed by atoms with Crippen molar-refractivity contribution in [3.63, 3.8) is 0 Å². The Labute approximate surface area is 256 Å². The average Bonchev–Trinajstić information content (AvgIpc) is 3.01. The van der Waals surface area contributed by atoms with Gasteiger partial charge in [-0.2, -0.15) is 0 Å². The van der Waals surface area contributed by atoms with Crippen LogP contribution < -0.4 is 15.5 Å². The van der Waals surface area contributed by atoms with Gasteiger partial charge in [0, 0.05) is 56.8 Å². The number of nitrogens with one attached hydrogen (secondary N) is 2. The van der Waals surface area contributed by atoms with Crippen molar-refractivity contribution in [2.24, 2.45) is 0 Å². The van der Waals surface area contributed by atoms with Crippen LogP contribution in [0.4, 0.5) is 21.9 Å². The van der Waals surface area contributed by atoms with E-state index >= 15 is 0 Å². The third kappa shape index (κ3) is 7.34. The van der Waals surface area contributed by atoms with Gasteiger partial charge in [0.2, 0.25) is 0 Å². The van der Waals surface area contributed by atoms with Crippen molar-refractivity contribution in [3.8, 4) is 0 Å². The largest absolute Gasteiger partial charge is 0.367 e. The fraction of sp³-hybridized carbons (Fsp3) is 0.206. The van der Waals surface area contributed by atoms with Crippen LogP contribution in [-0.4, -0.2) is 60.9 Å². The second-order valence-electron chi connectivity index (χ2n) is 10.6. The van der Waals surface area contributed by atoms with Crippen molar-refractivity contribution < 1.29 is 14.4 Å². The lowest BCUT2D eigenvalue weighted by Gasteiger charge is -2.37. The zero-order valence-electron chi connectivity index (χ0n) is 24.2. The zero-order valence-corrected chi connectivity index (χ0v) is 25.0. The molecule has 0 radical (unpaired) electrons. The second kappa shape index (κ2) is 13.4. The minimum atomic E-state index is -0.359. The van der Waals surface area contributed by atoms with Gasteiger partial charge < -0.3 is 25.3 Å². The molecule has 0 spiro atoms. The molecule has 4 amide bonds. The molecule has 0 saturated carbocycles. The van der Waals surface area contributed by atoms with Crippen LogP contribution in [0.1, 0.15) is 31.8 Å². The van der Waals surface area contributed by atoms with Crippen molar-refractivity contribution in [2.75, 3.05) is 48.8 Å². The van der Waals surface area contributed by atoms with Gasteiger partial charge in [0.1, 0.15) is 0 Å². The lowest BCUT2D eigenvalue weighted by Crippen LogP contribution is -2.50. The van der Waals surface area contributed by atoms with Crippen molar-refractivity contribution in [1.29, 1.82) is 0 Å². The van der Waals surface area contributed by atoms with E-state index in [0.717, 1.165) is 22.5 Å². The molecule has 0 atom stereocenters. The van der Waals surface area contributed by atoms with Crippen LogP contribution in [0, 0.1) is 6.92 Å². The Morgan fingerprint density at radius 3 is 2.19 bits per heavy atom. The van der Waals surface area contributed by atoms with E-state index in [1.54, 1.807) is 53.2 Å². The predicted molar refractivity (Wildman–Crippen MR) is 172 cm³/mol. The van der Waals surface area contributed by atoms with Crippen LogP contribution in [0.2, 0.25) is 5.02 Å². The van der Waals surface area contributed by atoms with Gasteiger partial charge in [-0.1, -0.05) is 66.2 Å². The van der Waals surface area contributed by atoms with Gasteiger partial charge >= 0.3 is 6.03 Å². The number of anilines is 3. The molecule has 1 saturated heterocycles. The fourth-order valence-corrected chi connectivity index (χ4v) is 5.34. The predicted octanol–water partition coefficient (Wildman–Crippen LogP) is 6.53. The first kappa shape index (κ1) is 29.7. The number of hydrogen-bond donors (Lipinski definition) is 2. The summed E-state index contributed by atoms with van der Waals surface area (Å²) in [6, 6.07) is 29.5. The molecule has 5 rings (SSSR count). The molecular weight excluding hydrogens is 562 g/mol. The molecule has 0 aliphatic carbocycles. The third-order valence-electron chi connectivity index (χ3n) is 7.39. The van der Waals surface area contributed by atoms with Crippen LogP contribution in [0.5, 0.6) is 0 Å². The number of aryl methyl sites for hydroxylation is 1. The minimum Gasteiger partial charge on any atom is -0.367 e. The van der Waals surface area contributed by atoms with E-state index in [1.807, 2.05) is 67.6 Å². The fourth-order valence-electron chi connectivity index (χ4n) is 5.12. The number of benzene rings is 4. The van der Waals surface area contributed by atoms with Gasteiger partial charge in [-0.3, -0.25) is 9.59 Å². The summed E-state index contributed by atoms with van der Waals surface area (Å²) < 4.78 is 0. The molecular formula is C34H34ClN5O3. The van der Waals surface area contributed by atoms with E-state index in [2.05, 4.69) is 15.5 Å². The van der Waals surface area contributed by atoms with Crippen LogP contribution in [-0.2, 0) is 6.54 Å². The highest BCUT2D eigenvalue weighted by Crippen LogP contribution is 2.28. The van der Waals surface area contributed by atoms with Gasteiger partial charge in [-0.25, -0.2) is 4.79 Å². The summed E-state index contributed by atoms with van der Waals surface area (Å²) in [5.41, 5.74) is 4.90. The van der Waals surface area contributed by atoms with Gasteiger partial charge in [-0.15, -0.1) is 0 Å². The molecule has 9 heteroatoms. The smallest absolute Gasteiger partial charge is 0.321 e. The van der Waals surface area contributed by atoms with Gasteiger partial charge in [0.25, 0.3) is 11.8 Å². The summed E-state index contributed by atoms with van der Waals surface area (Å²) in [7, 11) is 1.77. The zero-order chi connectivity index (χ0) is 30.3. The van der Waals surface area contributed by atoms with E-state index < -0.39 is 0 Å². The quantitative estimate of drug-likeness (QED) is 0.254. The van der Waals surface area contributed by atoms with Crippen LogP contribution in [0.25, 0.3) is 0 Å².